The molecule has 0 aromatic heterocycles. The first-order valence-corrected chi connectivity index (χ1v) is 9.41. The highest BCUT2D eigenvalue weighted by molar-refractivity contribution is 7.88. The summed E-state index contributed by atoms with van der Waals surface area (Å²) in [4.78, 5) is 11.9. The van der Waals surface area contributed by atoms with Gasteiger partial charge in [0.15, 0.2) is 0 Å². The molecule has 0 heterocycles. The van der Waals surface area contributed by atoms with Crippen molar-refractivity contribution in [2.24, 2.45) is 0 Å². The van der Waals surface area contributed by atoms with Gasteiger partial charge in [0, 0.05) is 13.1 Å². The standard InChI is InChI=1S/C15H23N3O3S/c1-22(20,21)17-11-5-10-16-15(19)18-14-9-4-7-12-6-2-3-8-13(12)14/h2-3,6,8,14,17H,4-5,7,9-11H2,1H3,(H2,16,18,19)/t14-/m1/s1. The fourth-order valence-electron chi connectivity index (χ4n) is 2.66. The molecule has 3 N–H and O–H groups in total. The van der Waals surface area contributed by atoms with Crippen molar-refractivity contribution in [3.8, 4) is 0 Å². The molecule has 1 aliphatic carbocycles. The average Bonchev–Trinajstić information content (AvgIpc) is 2.46. The summed E-state index contributed by atoms with van der Waals surface area (Å²) in [5, 5.41) is 5.76. The summed E-state index contributed by atoms with van der Waals surface area (Å²) in [7, 11) is -3.16. The number of amides is 2. The molecule has 0 fully saturated rings. The van der Waals surface area contributed by atoms with Crippen molar-refractivity contribution in [3.63, 3.8) is 0 Å². The molecule has 0 spiro atoms. The van der Waals surface area contributed by atoms with Crippen molar-refractivity contribution < 1.29 is 13.2 Å². The first-order valence-electron chi connectivity index (χ1n) is 7.52. The fourth-order valence-corrected chi connectivity index (χ4v) is 3.18. The summed E-state index contributed by atoms with van der Waals surface area (Å²) >= 11 is 0. The van der Waals surface area contributed by atoms with Crippen molar-refractivity contribution in [1.29, 1.82) is 0 Å². The molecule has 0 bridgehead atoms. The quantitative estimate of drug-likeness (QED) is 0.689. The Labute approximate surface area is 131 Å². The smallest absolute Gasteiger partial charge is 0.315 e. The lowest BCUT2D eigenvalue weighted by atomic mass is 9.88. The maximum atomic E-state index is 11.9. The first-order chi connectivity index (χ1) is 10.5. The Morgan fingerprint density at radius 3 is 2.82 bits per heavy atom. The molecule has 0 unspecified atom stereocenters. The molecule has 1 aromatic rings. The third kappa shape index (κ3) is 5.31. The van der Waals surface area contributed by atoms with E-state index >= 15 is 0 Å². The largest absolute Gasteiger partial charge is 0.338 e. The van der Waals surface area contributed by atoms with E-state index in [1.165, 1.54) is 11.1 Å². The molecule has 1 aromatic carbocycles. The van der Waals surface area contributed by atoms with Gasteiger partial charge < -0.3 is 10.6 Å². The topological polar surface area (TPSA) is 87.3 Å². The average molecular weight is 325 g/mol. The minimum Gasteiger partial charge on any atom is -0.338 e. The molecular weight excluding hydrogens is 302 g/mol. The highest BCUT2D eigenvalue weighted by Gasteiger charge is 2.20. The lowest BCUT2D eigenvalue weighted by Gasteiger charge is -2.26. The Kier molecular flexibility index (Phi) is 5.79. The van der Waals surface area contributed by atoms with Crippen LogP contribution in [0.15, 0.2) is 24.3 Å². The Hall–Kier alpha value is -1.60. The third-order valence-corrected chi connectivity index (χ3v) is 4.41. The highest BCUT2D eigenvalue weighted by atomic mass is 32.2. The van der Waals surface area contributed by atoms with Gasteiger partial charge in [0.1, 0.15) is 0 Å². The van der Waals surface area contributed by atoms with Crippen molar-refractivity contribution in [2.75, 3.05) is 19.3 Å². The molecule has 6 nitrogen and oxygen atoms in total. The van der Waals surface area contributed by atoms with Gasteiger partial charge in [-0.05, 0) is 36.8 Å². The van der Waals surface area contributed by atoms with Crippen LogP contribution >= 0.6 is 0 Å². The van der Waals surface area contributed by atoms with E-state index < -0.39 is 10.0 Å². The van der Waals surface area contributed by atoms with E-state index in [1.54, 1.807) is 0 Å². The van der Waals surface area contributed by atoms with Gasteiger partial charge >= 0.3 is 6.03 Å². The van der Waals surface area contributed by atoms with Crippen molar-refractivity contribution >= 4 is 16.1 Å². The number of carbonyl (C=O) groups is 1. The van der Waals surface area contributed by atoms with E-state index in [0.29, 0.717) is 19.5 Å². The van der Waals surface area contributed by atoms with Crippen LogP contribution in [-0.2, 0) is 16.4 Å². The number of fused-ring (bicyclic) bond motifs is 1. The lowest BCUT2D eigenvalue weighted by Crippen LogP contribution is -2.40. The van der Waals surface area contributed by atoms with Gasteiger partial charge in [0.05, 0.1) is 12.3 Å². The monoisotopic (exact) mass is 325 g/mol. The van der Waals surface area contributed by atoms with Crippen LogP contribution in [0.5, 0.6) is 0 Å². The van der Waals surface area contributed by atoms with Gasteiger partial charge in [-0.2, -0.15) is 0 Å². The Balaban J connectivity index is 1.74. The van der Waals surface area contributed by atoms with Gasteiger partial charge in [-0.25, -0.2) is 17.9 Å². The number of nitrogens with one attached hydrogen (secondary N) is 3. The van der Waals surface area contributed by atoms with Crippen LogP contribution in [-0.4, -0.2) is 33.8 Å². The van der Waals surface area contributed by atoms with Crippen LogP contribution in [0.2, 0.25) is 0 Å². The molecule has 1 atom stereocenters. The molecule has 2 amide bonds. The number of benzene rings is 1. The predicted molar refractivity (Wildman–Crippen MR) is 86.1 cm³/mol. The molecular formula is C15H23N3O3S. The summed E-state index contributed by atoms with van der Waals surface area (Å²) in [5.74, 6) is 0. The molecule has 122 valence electrons. The van der Waals surface area contributed by atoms with E-state index in [4.69, 9.17) is 0 Å². The zero-order chi connectivity index (χ0) is 16.0. The van der Waals surface area contributed by atoms with Gasteiger partial charge in [-0.15, -0.1) is 0 Å². The van der Waals surface area contributed by atoms with Gasteiger partial charge in [0.25, 0.3) is 0 Å². The number of carbonyl (C=O) groups excluding carboxylic acids is 1. The Bertz CT molecular complexity index is 616. The number of urea groups is 1. The SMILES string of the molecule is CS(=O)(=O)NCCCNC(=O)N[C@@H]1CCCc2ccccc21. The summed E-state index contributed by atoms with van der Waals surface area (Å²) in [6.45, 7) is 0.758. The molecule has 0 radical (unpaired) electrons. The Morgan fingerprint density at radius 2 is 2.05 bits per heavy atom. The number of hydrogen-bond acceptors (Lipinski definition) is 3. The zero-order valence-corrected chi connectivity index (χ0v) is 13.6. The van der Waals surface area contributed by atoms with Crippen LogP contribution in [0.25, 0.3) is 0 Å². The molecule has 2 rings (SSSR count). The Morgan fingerprint density at radius 1 is 1.27 bits per heavy atom. The van der Waals surface area contributed by atoms with Crippen molar-refractivity contribution in [1.82, 2.24) is 15.4 Å². The number of rotatable bonds is 6. The molecule has 22 heavy (non-hydrogen) atoms. The second-order valence-corrected chi connectivity index (χ2v) is 7.40. The second-order valence-electron chi connectivity index (χ2n) is 5.56. The molecule has 7 heteroatoms. The normalized spacial score (nSPS) is 17.6. The maximum Gasteiger partial charge on any atom is 0.315 e. The number of aryl methyl sites for hydroxylation is 1. The molecule has 1 aliphatic rings. The highest BCUT2D eigenvalue weighted by Crippen LogP contribution is 2.29. The molecule has 0 aliphatic heterocycles. The number of hydrogen-bond donors (Lipinski definition) is 3. The van der Waals surface area contributed by atoms with Crippen LogP contribution in [0, 0.1) is 0 Å². The first kappa shape index (κ1) is 16.8. The maximum absolute atomic E-state index is 11.9. The van der Waals surface area contributed by atoms with Crippen LogP contribution in [0.1, 0.15) is 36.4 Å². The summed E-state index contributed by atoms with van der Waals surface area (Å²) in [6.07, 6.45) is 4.75. The van der Waals surface area contributed by atoms with E-state index in [0.717, 1.165) is 25.5 Å². The van der Waals surface area contributed by atoms with E-state index in [2.05, 4.69) is 27.5 Å². The van der Waals surface area contributed by atoms with Crippen molar-refractivity contribution in [2.45, 2.75) is 31.7 Å². The summed E-state index contributed by atoms with van der Waals surface area (Å²) < 4.78 is 24.2. The second kappa shape index (κ2) is 7.60. The lowest BCUT2D eigenvalue weighted by molar-refractivity contribution is 0.235. The van der Waals surface area contributed by atoms with Crippen molar-refractivity contribution in [3.05, 3.63) is 35.4 Å². The summed E-state index contributed by atoms with van der Waals surface area (Å²) in [5.41, 5.74) is 2.50. The van der Waals surface area contributed by atoms with Gasteiger partial charge in [0.2, 0.25) is 10.0 Å². The predicted octanol–water partition coefficient (Wildman–Crippen LogP) is 1.30. The van der Waals surface area contributed by atoms with Gasteiger partial charge in [-0.3, -0.25) is 0 Å². The van der Waals surface area contributed by atoms with Crippen LogP contribution < -0.4 is 15.4 Å². The number of sulfonamides is 1. The minimum absolute atomic E-state index is 0.0547. The minimum atomic E-state index is -3.16. The van der Waals surface area contributed by atoms with E-state index in [-0.39, 0.29) is 12.1 Å². The summed E-state index contributed by atoms with van der Waals surface area (Å²) in [6, 6.07) is 8.04. The molecule has 0 saturated heterocycles. The molecule has 0 saturated carbocycles. The van der Waals surface area contributed by atoms with Gasteiger partial charge in [-0.1, -0.05) is 24.3 Å². The third-order valence-electron chi connectivity index (χ3n) is 3.68. The van der Waals surface area contributed by atoms with Crippen LogP contribution in [0.4, 0.5) is 4.79 Å². The van der Waals surface area contributed by atoms with Crippen LogP contribution in [0.3, 0.4) is 0 Å². The van der Waals surface area contributed by atoms with E-state index in [9.17, 15) is 13.2 Å². The fraction of sp³-hybridized carbons (Fsp3) is 0.533. The van der Waals surface area contributed by atoms with E-state index in [1.807, 2.05) is 12.1 Å². The zero-order valence-electron chi connectivity index (χ0n) is 12.8.